The van der Waals surface area contributed by atoms with E-state index in [1.807, 2.05) is 12.1 Å². The molecule has 0 heterocycles. The van der Waals surface area contributed by atoms with Gasteiger partial charge in [-0.2, -0.15) is 0 Å². The van der Waals surface area contributed by atoms with Crippen molar-refractivity contribution >= 4 is 17.3 Å². The van der Waals surface area contributed by atoms with Crippen molar-refractivity contribution in [2.24, 2.45) is 0 Å². The minimum atomic E-state index is 0.413. The van der Waals surface area contributed by atoms with Gasteiger partial charge in [0.2, 0.25) is 0 Å². The van der Waals surface area contributed by atoms with Crippen LogP contribution in [0.5, 0.6) is 0 Å². The van der Waals surface area contributed by atoms with Gasteiger partial charge in [0.25, 0.3) is 0 Å². The fourth-order valence-corrected chi connectivity index (χ4v) is 1.56. The zero-order valence-electron chi connectivity index (χ0n) is 9.29. The van der Waals surface area contributed by atoms with Crippen molar-refractivity contribution in [3.05, 3.63) is 29.8 Å². The largest absolute Gasteiger partial charge is 0.385 e. The quantitative estimate of drug-likeness (QED) is 0.754. The molecule has 15 heavy (non-hydrogen) atoms. The van der Waals surface area contributed by atoms with Crippen molar-refractivity contribution in [3.63, 3.8) is 0 Å². The first-order chi connectivity index (χ1) is 7.26. The first-order valence-electron chi connectivity index (χ1n) is 5.16. The molecule has 0 spiro atoms. The highest BCUT2D eigenvalue weighted by Gasteiger charge is 2.01. The van der Waals surface area contributed by atoms with E-state index in [1.165, 1.54) is 0 Å². The molecular weight excluding hydrogens is 210 g/mol. The average molecular weight is 228 g/mol. The SMILES string of the molecule is COCCC(C)Nc1cccc(CCl)c1. The molecule has 0 saturated heterocycles. The van der Waals surface area contributed by atoms with Gasteiger partial charge in [-0.05, 0) is 31.0 Å². The van der Waals surface area contributed by atoms with E-state index in [9.17, 15) is 0 Å². The Morgan fingerprint density at radius 1 is 1.47 bits per heavy atom. The second-order valence-electron chi connectivity index (χ2n) is 3.66. The predicted molar refractivity (Wildman–Crippen MR) is 65.6 cm³/mol. The van der Waals surface area contributed by atoms with Crippen molar-refractivity contribution in [2.45, 2.75) is 25.3 Å². The molecule has 0 aromatic heterocycles. The number of ether oxygens (including phenoxy) is 1. The maximum Gasteiger partial charge on any atom is 0.0481 e. The molecule has 0 bridgehead atoms. The number of halogens is 1. The van der Waals surface area contributed by atoms with Gasteiger partial charge in [-0.15, -0.1) is 11.6 Å². The molecule has 1 aromatic carbocycles. The Kier molecular flexibility index (Phi) is 5.51. The summed E-state index contributed by atoms with van der Waals surface area (Å²) in [5, 5.41) is 3.41. The topological polar surface area (TPSA) is 21.3 Å². The zero-order valence-corrected chi connectivity index (χ0v) is 10.1. The molecule has 1 unspecified atom stereocenters. The average Bonchev–Trinajstić information content (AvgIpc) is 2.26. The van der Waals surface area contributed by atoms with E-state index in [2.05, 4.69) is 24.4 Å². The van der Waals surface area contributed by atoms with E-state index in [0.29, 0.717) is 11.9 Å². The molecule has 1 aromatic rings. The van der Waals surface area contributed by atoms with Crippen molar-refractivity contribution in [1.82, 2.24) is 0 Å². The highest BCUT2D eigenvalue weighted by molar-refractivity contribution is 6.17. The molecule has 1 rings (SSSR count). The van der Waals surface area contributed by atoms with Crippen LogP contribution in [0.25, 0.3) is 0 Å². The second-order valence-corrected chi connectivity index (χ2v) is 3.93. The number of hydrogen-bond donors (Lipinski definition) is 1. The molecule has 0 radical (unpaired) electrons. The summed E-state index contributed by atoms with van der Waals surface area (Å²) >= 11 is 5.77. The zero-order chi connectivity index (χ0) is 11.1. The highest BCUT2D eigenvalue weighted by atomic mass is 35.5. The van der Waals surface area contributed by atoms with Crippen LogP contribution in [-0.2, 0) is 10.6 Å². The van der Waals surface area contributed by atoms with E-state index in [0.717, 1.165) is 24.3 Å². The third kappa shape index (κ3) is 4.54. The standard InChI is InChI=1S/C12H18ClNO/c1-10(6-7-15-2)14-12-5-3-4-11(8-12)9-13/h3-5,8,10,14H,6-7,9H2,1-2H3. The van der Waals surface area contributed by atoms with E-state index in [4.69, 9.17) is 16.3 Å². The Balaban J connectivity index is 2.48. The van der Waals surface area contributed by atoms with Crippen molar-refractivity contribution in [2.75, 3.05) is 19.0 Å². The highest BCUT2D eigenvalue weighted by Crippen LogP contribution is 2.14. The number of benzene rings is 1. The minimum Gasteiger partial charge on any atom is -0.385 e. The summed E-state index contributed by atoms with van der Waals surface area (Å²) < 4.78 is 5.03. The van der Waals surface area contributed by atoms with Gasteiger partial charge in [0, 0.05) is 31.3 Å². The Morgan fingerprint density at radius 3 is 2.93 bits per heavy atom. The van der Waals surface area contributed by atoms with Gasteiger partial charge in [0.05, 0.1) is 0 Å². The van der Waals surface area contributed by atoms with Crippen LogP contribution in [0.4, 0.5) is 5.69 Å². The molecule has 0 aliphatic rings. The van der Waals surface area contributed by atoms with Gasteiger partial charge in [-0.25, -0.2) is 0 Å². The van der Waals surface area contributed by atoms with Gasteiger partial charge < -0.3 is 10.1 Å². The molecule has 0 fully saturated rings. The van der Waals surface area contributed by atoms with Crippen LogP contribution < -0.4 is 5.32 Å². The minimum absolute atomic E-state index is 0.413. The summed E-state index contributed by atoms with van der Waals surface area (Å²) in [5.41, 5.74) is 2.26. The van der Waals surface area contributed by atoms with Crippen LogP contribution in [0.3, 0.4) is 0 Å². The molecule has 84 valence electrons. The van der Waals surface area contributed by atoms with Gasteiger partial charge >= 0.3 is 0 Å². The monoisotopic (exact) mass is 227 g/mol. The summed E-state index contributed by atoms with van der Waals surface area (Å²) in [6.45, 7) is 2.93. The lowest BCUT2D eigenvalue weighted by Crippen LogP contribution is -2.17. The number of nitrogens with one attached hydrogen (secondary N) is 1. The van der Waals surface area contributed by atoms with Crippen molar-refractivity contribution < 1.29 is 4.74 Å². The summed E-state index contributed by atoms with van der Waals surface area (Å²) in [7, 11) is 1.72. The van der Waals surface area contributed by atoms with Crippen LogP contribution >= 0.6 is 11.6 Å². The maximum absolute atomic E-state index is 5.77. The van der Waals surface area contributed by atoms with Gasteiger partial charge in [0.1, 0.15) is 0 Å². The lowest BCUT2D eigenvalue weighted by atomic mass is 10.2. The lowest BCUT2D eigenvalue weighted by Gasteiger charge is -2.15. The third-order valence-corrected chi connectivity index (χ3v) is 2.56. The van der Waals surface area contributed by atoms with Crippen LogP contribution in [0.1, 0.15) is 18.9 Å². The first-order valence-corrected chi connectivity index (χ1v) is 5.70. The lowest BCUT2D eigenvalue weighted by molar-refractivity contribution is 0.191. The van der Waals surface area contributed by atoms with Gasteiger partial charge in [-0.3, -0.25) is 0 Å². The molecule has 0 saturated carbocycles. The van der Waals surface area contributed by atoms with Crippen molar-refractivity contribution in [1.29, 1.82) is 0 Å². The number of hydrogen-bond acceptors (Lipinski definition) is 2. The van der Waals surface area contributed by atoms with Crippen LogP contribution in [0.2, 0.25) is 0 Å². The Bertz CT molecular complexity index is 291. The molecule has 2 nitrogen and oxygen atoms in total. The van der Waals surface area contributed by atoms with Crippen LogP contribution in [0.15, 0.2) is 24.3 Å². The summed E-state index contributed by atoms with van der Waals surface area (Å²) in [6, 6.07) is 8.59. The predicted octanol–water partition coefficient (Wildman–Crippen LogP) is 3.26. The van der Waals surface area contributed by atoms with E-state index >= 15 is 0 Å². The number of alkyl halides is 1. The summed E-state index contributed by atoms with van der Waals surface area (Å²) in [4.78, 5) is 0. The summed E-state index contributed by atoms with van der Waals surface area (Å²) in [6.07, 6.45) is 1.00. The number of rotatable bonds is 6. The fourth-order valence-electron chi connectivity index (χ4n) is 1.40. The van der Waals surface area contributed by atoms with E-state index in [1.54, 1.807) is 7.11 Å². The van der Waals surface area contributed by atoms with Crippen molar-refractivity contribution in [3.8, 4) is 0 Å². The van der Waals surface area contributed by atoms with E-state index < -0.39 is 0 Å². The van der Waals surface area contributed by atoms with Gasteiger partial charge in [0.15, 0.2) is 0 Å². The molecule has 0 amide bonds. The smallest absolute Gasteiger partial charge is 0.0481 e. The Hall–Kier alpha value is -0.730. The van der Waals surface area contributed by atoms with Crippen LogP contribution in [-0.4, -0.2) is 19.8 Å². The molecule has 1 N–H and O–H groups in total. The number of methoxy groups -OCH3 is 1. The molecule has 0 aliphatic heterocycles. The van der Waals surface area contributed by atoms with E-state index in [-0.39, 0.29) is 0 Å². The summed E-state index contributed by atoms with van der Waals surface area (Å²) in [5.74, 6) is 0.558. The van der Waals surface area contributed by atoms with Crippen LogP contribution in [0, 0.1) is 0 Å². The fraction of sp³-hybridized carbons (Fsp3) is 0.500. The molecule has 3 heteroatoms. The maximum atomic E-state index is 5.77. The molecule has 1 atom stereocenters. The second kappa shape index (κ2) is 6.70. The molecular formula is C12H18ClNO. The molecule has 0 aliphatic carbocycles. The Labute approximate surface area is 96.6 Å². The Morgan fingerprint density at radius 2 is 2.27 bits per heavy atom. The third-order valence-electron chi connectivity index (χ3n) is 2.25. The first kappa shape index (κ1) is 12.3. The van der Waals surface area contributed by atoms with Gasteiger partial charge in [-0.1, -0.05) is 12.1 Å². The normalized spacial score (nSPS) is 12.5. The number of anilines is 1.